The summed E-state index contributed by atoms with van der Waals surface area (Å²) < 4.78 is 22.5. The Hall–Kier alpha value is -1.84. The van der Waals surface area contributed by atoms with Gasteiger partial charge in [0.1, 0.15) is 6.07 Å². The van der Waals surface area contributed by atoms with Gasteiger partial charge in [-0.2, -0.15) is 5.26 Å². The van der Waals surface area contributed by atoms with Gasteiger partial charge in [-0.1, -0.05) is 6.07 Å². The highest BCUT2D eigenvalue weighted by Gasteiger charge is 2.15. The molecule has 1 heterocycles. The van der Waals surface area contributed by atoms with Crippen molar-refractivity contribution in [3.63, 3.8) is 0 Å². The molecule has 1 aromatic carbocycles. The number of nitrogens with one attached hydrogen (secondary N) is 1. The number of nitrogens with two attached hydrogens (primary N) is 1. The lowest BCUT2D eigenvalue weighted by Crippen LogP contribution is -2.12. The zero-order valence-corrected chi connectivity index (χ0v) is 8.38. The fourth-order valence-electron chi connectivity index (χ4n) is 1.48. The number of H-pyrrole nitrogens is 1. The molecule has 2 aromatic rings. The van der Waals surface area contributed by atoms with Gasteiger partial charge in [0.2, 0.25) is 10.0 Å². The Morgan fingerprint density at radius 2 is 2.13 bits per heavy atom. The predicted molar refractivity (Wildman–Crippen MR) is 54.4 cm³/mol. The van der Waals surface area contributed by atoms with E-state index in [1.807, 2.05) is 6.07 Å². The van der Waals surface area contributed by atoms with Crippen LogP contribution in [0.2, 0.25) is 0 Å². The number of rotatable bonds is 1. The van der Waals surface area contributed by atoms with E-state index < -0.39 is 10.0 Å². The van der Waals surface area contributed by atoms with Crippen molar-refractivity contribution < 1.29 is 8.42 Å². The summed E-state index contributed by atoms with van der Waals surface area (Å²) in [5.74, 6) is 0. The minimum absolute atomic E-state index is 0.0298. The number of aromatic amines is 1. The molecular formula is C9H7N3O2S. The van der Waals surface area contributed by atoms with Crippen LogP contribution in [0, 0.1) is 11.3 Å². The van der Waals surface area contributed by atoms with Gasteiger partial charge in [0.15, 0.2) is 0 Å². The molecule has 0 saturated carbocycles. The van der Waals surface area contributed by atoms with Crippen molar-refractivity contribution in [3.8, 4) is 6.07 Å². The highest BCUT2D eigenvalue weighted by Crippen LogP contribution is 2.24. The Bertz CT molecular complexity index is 664. The zero-order chi connectivity index (χ0) is 11.1. The van der Waals surface area contributed by atoms with E-state index in [1.54, 1.807) is 12.1 Å². The lowest BCUT2D eigenvalue weighted by atomic mass is 10.2. The van der Waals surface area contributed by atoms with Crippen LogP contribution in [0.25, 0.3) is 10.9 Å². The molecule has 0 spiro atoms. The third-order valence-electron chi connectivity index (χ3n) is 2.09. The van der Waals surface area contributed by atoms with Crippen molar-refractivity contribution in [1.29, 1.82) is 5.26 Å². The molecule has 0 aliphatic heterocycles. The fourth-order valence-corrected chi connectivity index (χ4v) is 2.25. The van der Waals surface area contributed by atoms with Crippen LogP contribution < -0.4 is 5.14 Å². The lowest BCUT2D eigenvalue weighted by molar-refractivity contribution is 0.598. The van der Waals surface area contributed by atoms with Gasteiger partial charge in [-0.3, -0.25) is 0 Å². The second kappa shape index (κ2) is 3.08. The van der Waals surface area contributed by atoms with Crippen LogP contribution in [0.3, 0.4) is 0 Å². The van der Waals surface area contributed by atoms with Crippen molar-refractivity contribution in [3.05, 3.63) is 30.0 Å². The lowest BCUT2D eigenvalue weighted by Gasteiger charge is -1.99. The molecular weight excluding hydrogens is 214 g/mol. The number of nitrogens with zero attached hydrogens (tertiary/aromatic N) is 1. The standard InChI is InChI=1S/C9H7N3O2S/c10-4-6-5-12-7-2-1-3-8(9(6)7)15(11,13)14/h1-3,5,12H,(H2,11,13,14). The van der Waals surface area contributed by atoms with Crippen molar-refractivity contribution in [2.75, 3.05) is 0 Å². The quantitative estimate of drug-likeness (QED) is 0.740. The normalized spacial score (nSPS) is 11.5. The van der Waals surface area contributed by atoms with Crippen LogP contribution in [0.5, 0.6) is 0 Å². The molecule has 15 heavy (non-hydrogen) atoms. The third kappa shape index (κ3) is 1.48. The van der Waals surface area contributed by atoms with Crippen LogP contribution in [0.4, 0.5) is 0 Å². The SMILES string of the molecule is N#Cc1c[nH]c2cccc(S(N)(=O)=O)c12. The van der Waals surface area contributed by atoms with E-state index in [0.717, 1.165) is 0 Å². The molecule has 0 amide bonds. The Balaban J connectivity index is 2.99. The first-order chi connectivity index (χ1) is 7.04. The van der Waals surface area contributed by atoms with Crippen molar-refractivity contribution >= 4 is 20.9 Å². The molecule has 0 bridgehead atoms. The summed E-state index contributed by atoms with van der Waals surface area (Å²) in [4.78, 5) is 2.78. The van der Waals surface area contributed by atoms with Crippen LogP contribution >= 0.6 is 0 Å². The summed E-state index contributed by atoms with van der Waals surface area (Å²) >= 11 is 0. The summed E-state index contributed by atoms with van der Waals surface area (Å²) in [7, 11) is -3.80. The average molecular weight is 221 g/mol. The number of hydrogen-bond donors (Lipinski definition) is 2. The molecule has 2 rings (SSSR count). The van der Waals surface area contributed by atoms with Crippen molar-refractivity contribution in [1.82, 2.24) is 4.98 Å². The zero-order valence-electron chi connectivity index (χ0n) is 7.56. The first-order valence-electron chi connectivity index (χ1n) is 4.07. The number of nitriles is 1. The number of primary sulfonamides is 1. The fraction of sp³-hybridized carbons (Fsp3) is 0. The van der Waals surface area contributed by atoms with Crippen LogP contribution in [-0.2, 0) is 10.0 Å². The molecule has 1 aromatic heterocycles. The summed E-state index contributed by atoms with van der Waals surface area (Å²) in [6.45, 7) is 0. The Labute approximate surface area is 86.2 Å². The molecule has 0 saturated heterocycles. The molecule has 0 aliphatic rings. The average Bonchev–Trinajstić information content (AvgIpc) is 2.58. The maximum atomic E-state index is 11.3. The molecule has 0 fully saturated rings. The van der Waals surface area contributed by atoms with Gasteiger partial charge in [0.05, 0.1) is 10.5 Å². The van der Waals surface area contributed by atoms with E-state index in [4.69, 9.17) is 10.4 Å². The number of hydrogen-bond acceptors (Lipinski definition) is 3. The van der Waals surface area contributed by atoms with E-state index in [9.17, 15) is 8.42 Å². The minimum Gasteiger partial charge on any atom is -0.360 e. The highest BCUT2D eigenvalue weighted by atomic mass is 32.2. The maximum absolute atomic E-state index is 11.3. The van der Waals surface area contributed by atoms with E-state index in [-0.39, 0.29) is 10.5 Å². The maximum Gasteiger partial charge on any atom is 0.238 e. The molecule has 0 radical (unpaired) electrons. The van der Waals surface area contributed by atoms with Crippen molar-refractivity contribution in [2.45, 2.75) is 4.90 Å². The van der Waals surface area contributed by atoms with Crippen LogP contribution in [0.1, 0.15) is 5.56 Å². The summed E-state index contributed by atoms with van der Waals surface area (Å²) in [6.07, 6.45) is 1.46. The van der Waals surface area contributed by atoms with Crippen LogP contribution in [-0.4, -0.2) is 13.4 Å². The Morgan fingerprint density at radius 3 is 2.73 bits per heavy atom. The highest BCUT2D eigenvalue weighted by molar-refractivity contribution is 7.89. The number of aromatic nitrogens is 1. The predicted octanol–water partition coefficient (Wildman–Crippen LogP) is 0.687. The molecule has 5 nitrogen and oxygen atoms in total. The Kier molecular flexibility index (Phi) is 2.00. The van der Waals surface area contributed by atoms with Gasteiger partial charge in [-0.25, -0.2) is 13.6 Å². The van der Waals surface area contributed by atoms with Crippen molar-refractivity contribution in [2.24, 2.45) is 5.14 Å². The van der Waals surface area contributed by atoms with Gasteiger partial charge in [-0.15, -0.1) is 0 Å². The smallest absolute Gasteiger partial charge is 0.238 e. The van der Waals surface area contributed by atoms with E-state index in [1.165, 1.54) is 12.3 Å². The molecule has 3 N–H and O–H groups in total. The second-order valence-corrected chi connectivity index (χ2v) is 4.57. The van der Waals surface area contributed by atoms with E-state index in [0.29, 0.717) is 10.9 Å². The summed E-state index contributed by atoms with van der Waals surface area (Å²) in [6, 6.07) is 6.55. The summed E-state index contributed by atoms with van der Waals surface area (Å²) in [5.41, 5.74) is 0.854. The molecule has 76 valence electrons. The van der Waals surface area contributed by atoms with Gasteiger partial charge in [0, 0.05) is 17.1 Å². The first kappa shape index (κ1) is 9.71. The van der Waals surface area contributed by atoms with Gasteiger partial charge < -0.3 is 4.98 Å². The van der Waals surface area contributed by atoms with Crippen LogP contribution in [0.15, 0.2) is 29.3 Å². The monoisotopic (exact) mass is 221 g/mol. The number of fused-ring (bicyclic) bond motifs is 1. The second-order valence-electron chi connectivity index (χ2n) is 3.04. The third-order valence-corrected chi connectivity index (χ3v) is 3.05. The number of sulfonamides is 1. The van der Waals surface area contributed by atoms with Gasteiger partial charge in [0.25, 0.3) is 0 Å². The Morgan fingerprint density at radius 1 is 1.40 bits per heavy atom. The minimum atomic E-state index is -3.80. The summed E-state index contributed by atoms with van der Waals surface area (Å²) in [5, 5.41) is 14.2. The van der Waals surface area contributed by atoms with Gasteiger partial charge >= 0.3 is 0 Å². The first-order valence-corrected chi connectivity index (χ1v) is 5.61. The molecule has 0 aliphatic carbocycles. The van der Waals surface area contributed by atoms with E-state index >= 15 is 0 Å². The van der Waals surface area contributed by atoms with E-state index in [2.05, 4.69) is 4.98 Å². The molecule has 6 heteroatoms. The number of benzene rings is 1. The van der Waals surface area contributed by atoms with Gasteiger partial charge in [-0.05, 0) is 12.1 Å². The molecule has 0 unspecified atom stereocenters. The molecule has 0 atom stereocenters. The largest absolute Gasteiger partial charge is 0.360 e. The topological polar surface area (TPSA) is 99.7 Å².